The predicted octanol–water partition coefficient (Wildman–Crippen LogP) is 4.92. The normalized spacial score (nSPS) is 16.1. The number of hydrogen-bond donors (Lipinski definition) is 0. The van der Waals surface area contributed by atoms with Crippen molar-refractivity contribution in [2.45, 2.75) is 39.5 Å². The molecule has 0 radical (unpaired) electrons. The largest absolute Gasteiger partial charge is 0.457 e. The number of carbonyl (C=O) groups is 4. The Labute approximate surface area is 232 Å². The molecule has 2 aromatic carbocycles. The molecule has 0 atom stereocenters. The summed E-state index contributed by atoms with van der Waals surface area (Å²) >= 11 is 0. The average Bonchev–Trinajstić information content (AvgIpc) is 2.94. The summed E-state index contributed by atoms with van der Waals surface area (Å²) in [5.74, 6) is -0.850. The van der Waals surface area contributed by atoms with E-state index in [-0.39, 0.29) is 48.5 Å². The van der Waals surface area contributed by atoms with Crippen LogP contribution in [0.25, 0.3) is 0 Å². The van der Waals surface area contributed by atoms with Gasteiger partial charge in [0.25, 0.3) is 0 Å². The molecule has 0 saturated heterocycles. The number of carbonyl (C=O) groups excluding carboxylic acids is 4. The molecule has 40 heavy (non-hydrogen) atoms. The molecular weight excluding hydrogens is 520 g/mol. The van der Waals surface area contributed by atoms with E-state index < -0.39 is 11.9 Å². The minimum absolute atomic E-state index is 0.259. The van der Waals surface area contributed by atoms with E-state index in [2.05, 4.69) is 13.2 Å². The van der Waals surface area contributed by atoms with Crippen LogP contribution in [0.5, 0.6) is 23.0 Å². The van der Waals surface area contributed by atoms with Crippen molar-refractivity contribution in [3.63, 3.8) is 0 Å². The van der Waals surface area contributed by atoms with Crippen molar-refractivity contribution in [3.8, 4) is 23.0 Å². The molecule has 212 valence electrons. The van der Waals surface area contributed by atoms with Crippen LogP contribution in [0.3, 0.4) is 0 Å². The van der Waals surface area contributed by atoms with Gasteiger partial charge in [-0.3, -0.25) is 9.59 Å². The van der Waals surface area contributed by atoms with Gasteiger partial charge in [-0.2, -0.15) is 0 Å². The second kappa shape index (κ2) is 14.5. The van der Waals surface area contributed by atoms with E-state index in [0.29, 0.717) is 48.7 Å². The highest BCUT2D eigenvalue weighted by molar-refractivity contribution is 5.87. The summed E-state index contributed by atoms with van der Waals surface area (Å²) in [6, 6.07) is 12.7. The van der Waals surface area contributed by atoms with Crippen molar-refractivity contribution in [1.29, 1.82) is 0 Å². The summed E-state index contributed by atoms with van der Waals surface area (Å²) in [5, 5.41) is 0. The lowest BCUT2D eigenvalue weighted by Gasteiger charge is -2.25. The maximum Gasteiger partial charge on any atom is 0.335 e. The monoisotopic (exact) mass is 552 g/mol. The molecule has 0 bridgehead atoms. The zero-order valence-corrected chi connectivity index (χ0v) is 22.5. The van der Waals surface area contributed by atoms with Crippen LogP contribution in [-0.2, 0) is 28.7 Å². The minimum Gasteiger partial charge on any atom is -0.457 e. The van der Waals surface area contributed by atoms with Crippen molar-refractivity contribution in [3.05, 3.63) is 72.8 Å². The molecule has 10 heteroatoms. The average molecular weight is 553 g/mol. The lowest BCUT2D eigenvalue weighted by molar-refractivity contribution is -0.146. The molecule has 3 rings (SSSR count). The highest BCUT2D eigenvalue weighted by atomic mass is 16.7. The molecule has 0 spiro atoms. The van der Waals surface area contributed by atoms with Crippen LogP contribution in [0.15, 0.2) is 72.8 Å². The number of benzene rings is 2. The molecule has 0 amide bonds. The van der Waals surface area contributed by atoms with Crippen molar-refractivity contribution >= 4 is 23.9 Å². The van der Waals surface area contributed by atoms with Gasteiger partial charge in [-0.05, 0) is 88.1 Å². The third-order valence-corrected chi connectivity index (χ3v) is 6.01. The van der Waals surface area contributed by atoms with E-state index in [9.17, 15) is 19.2 Å². The second-order valence-corrected chi connectivity index (χ2v) is 9.28. The summed E-state index contributed by atoms with van der Waals surface area (Å²) in [5.41, 5.74) is 0.547. The molecule has 0 heterocycles. The van der Waals surface area contributed by atoms with Gasteiger partial charge in [-0.1, -0.05) is 13.2 Å². The Balaban J connectivity index is 1.37. The molecule has 0 aliphatic heterocycles. The first-order valence-electron chi connectivity index (χ1n) is 12.7. The zero-order valence-electron chi connectivity index (χ0n) is 22.5. The van der Waals surface area contributed by atoms with E-state index in [1.165, 1.54) is 13.8 Å². The number of ether oxygens (including phenoxy) is 6. The fourth-order valence-electron chi connectivity index (χ4n) is 3.72. The van der Waals surface area contributed by atoms with Crippen LogP contribution in [0, 0.1) is 11.8 Å². The first-order valence-corrected chi connectivity index (χ1v) is 12.7. The van der Waals surface area contributed by atoms with Crippen LogP contribution in [0.1, 0.15) is 39.5 Å². The van der Waals surface area contributed by atoms with Gasteiger partial charge < -0.3 is 28.4 Å². The third-order valence-electron chi connectivity index (χ3n) is 6.01. The lowest BCUT2D eigenvalue weighted by Crippen LogP contribution is -2.30. The fourth-order valence-corrected chi connectivity index (χ4v) is 3.72. The molecule has 1 fully saturated rings. The Bertz CT molecular complexity index is 1120. The molecule has 0 N–H and O–H groups in total. The Morgan fingerprint density at radius 3 is 1.20 bits per heavy atom. The second-order valence-electron chi connectivity index (χ2n) is 9.28. The molecule has 1 saturated carbocycles. The van der Waals surface area contributed by atoms with Gasteiger partial charge in [0, 0.05) is 11.1 Å². The van der Waals surface area contributed by atoms with Gasteiger partial charge in [-0.15, -0.1) is 0 Å². The zero-order chi connectivity index (χ0) is 29.1. The SMILES string of the molecule is C=C(C)C(=O)OCOc1ccc(OC(=O)C2CCC(C(=O)Oc3ccc(OCOC(=O)C(=C)C)cc3)CC2)cc1. The Hall–Kier alpha value is -4.60. The first kappa shape index (κ1) is 29.9. The quantitative estimate of drug-likeness (QED) is 0.155. The summed E-state index contributed by atoms with van der Waals surface area (Å²) in [7, 11) is 0. The molecule has 1 aliphatic rings. The molecule has 0 unspecified atom stereocenters. The van der Waals surface area contributed by atoms with Gasteiger partial charge in [-0.25, -0.2) is 9.59 Å². The maximum atomic E-state index is 12.6. The Morgan fingerprint density at radius 2 is 0.900 bits per heavy atom. The van der Waals surface area contributed by atoms with Crippen LogP contribution in [0.2, 0.25) is 0 Å². The summed E-state index contributed by atoms with van der Waals surface area (Å²) in [4.78, 5) is 48.0. The van der Waals surface area contributed by atoms with Crippen LogP contribution in [0.4, 0.5) is 0 Å². The van der Waals surface area contributed by atoms with Crippen molar-refractivity contribution in [2.75, 3.05) is 13.6 Å². The predicted molar refractivity (Wildman–Crippen MR) is 142 cm³/mol. The molecular formula is C30H32O10. The number of hydrogen-bond acceptors (Lipinski definition) is 10. The van der Waals surface area contributed by atoms with Crippen molar-refractivity contribution in [2.24, 2.45) is 11.8 Å². The van der Waals surface area contributed by atoms with Gasteiger partial charge in [0.2, 0.25) is 13.6 Å². The highest BCUT2D eigenvalue weighted by Crippen LogP contribution is 2.32. The highest BCUT2D eigenvalue weighted by Gasteiger charge is 2.32. The van der Waals surface area contributed by atoms with E-state index in [1.807, 2.05) is 0 Å². The van der Waals surface area contributed by atoms with Gasteiger partial charge in [0.15, 0.2) is 0 Å². The number of esters is 4. The lowest BCUT2D eigenvalue weighted by atomic mass is 9.82. The standard InChI is InChI=1S/C30H32O10/c1-19(2)27(31)37-17-35-23-9-13-25(14-10-23)39-29(33)21-5-7-22(8-6-21)30(34)40-26-15-11-24(12-16-26)36-18-38-28(32)20(3)4/h9-16,21-22H,1,3,5-8,17-18H2,2,4H3. The first-order chi connectivity index (χ1) is 19.1. The van der Waals surface area contributed by atoms with E-state index in [4.69, 9.17) is 28.4 Å². The minimum atomic E-state index is -0.547. The van der Waals surface area contributed by atoms with Gasteiger partial charge >= 0.3 is 23.9 Å². The molecule has 2 aromatic rings. The van der Waals surface area contributed by atoms with Gasteiger partial charge in [0.1, 0.15) is 23.0 Å². The van der Waals surface area contributed by atoms with Crippen LogP contribution >= 0.6 is 0 Å². The maximum absolute atomic E-state index is 12.6. The van der Waals surface area contributed by atoms with E-state index >= 15 is 0 Å². The topological polar surface area (TPSA) is 124 Å². The Morgan fingerprint density at radius 1 is 0.600 bits per heavy atom. The van der Waals surface area contributed by atoms with Gasteiger partial charge in [0.05, 0.1) is 11.8 Å². The molecule has 10 nitrogen and oxygen atoms in total. The fraction of sp³-hybridized carbons (Fsp3) is 0.333. The summed E-state index contributed by atoms with van der Waals surface area (Å²) < 4.78 is 31.4. The molecule has 0 aromatic heterocycles. The summed E-state index contributed by atoms with van der Waals surface area (Å²) in [6.07, 6.45) is 2.01. The van der Waals surface area contributed by atoms with E-state index in [1.54, 1.807) is 48.5 Å². The Kier molecular flexibility index (Phi) is 10.9. The smallest absolute Gasteiger partial charge is 0.335 e. The molecule has 1 aliphatic carbocycles. The van der Waals surface area contributed by atoms with E-state index in [0.717, 1.165) is 0 Å². The number of rotatable bonds is 12. The third kappa shape index (κ3) is 9.30. The van der Waals surface area contributed by atoms with Crippen LogP contribution < -0.4 is 18.9 Å². The van der Waals surface area contributed by atoms with Crippen molar-refractivity contribution < 1.29 is 47.6 Å². The van der Waals surface area contributed by atoms with Crippen molar-refractivity contribution in [1.82, 2.24) is 0 Å². The summed E-state index contributed by atoms with van der Waals surface area (Å²) in [6.45, 7) is 9.54. The van der Waals surface area contributed by atoms with Crippen LogP contribution in [-0.4, -0.2) is 37.5 Å².